The second kappa shape index (κ2) is 8.07. The fourth-order valence-corrected chi connectivity index (χ4v) is 4.88. The zero-order chi connectivity index (χ0) is 22.4. The summed E-state index contributed by atoms with van der Waals surface area (Å²) in [7, 11) is 3.35. The van der Waals surface area contributed by atoms with Crippen LogP contribution in [0.1, 0.15) is 12.0 Å². The smallest absolute Gasteiger partial charge is 0.328 e. The van der Waals surface area contributed by atoms with Gasteiger partial charge in [0.15, 0.2) is 0 Å². The third kappa shape index (κ3) is 3.37. The van der Waals surface area contributed by atoms with Gasteiger partial charge in [0.25, 0.3) is 5.91 Å². The number of halogens is 1. The number of rotatable bonds is 4. The van der Waals surface area contributed by atoms with Crippen molar-refractivity contribution in [2.75, 3.05) is 32.1 Å². The Hall–Kier alpha value is -3.17. The maximum Gasteiger partial charge on any atom is 0.328 e. The van der Waals surface area contributed by atoms with Gasteiger partial charge in [-0.15, -0.1) is 0 Å². The number of carbonyl (C=O) groups excluding carboxylic acids is 2. The molecule has 0 radical (unpaired) electrons. The second-order valence-electron chi connectivity index (χ2n) is 8.36. The fourth-order valence-electron chi connectivity index (χ4n) is 4.88. The summed E-state index contributed by atoms with van der Waals surface area (Å²) in [5, 5.41) is 3.50. The standard InChI is InChI=1S/C23H26FN5O3/c1-26-20-19(21(30)29(23(26)31)14-15-4-6-16(24)7-5-15)28-13-3-12-27(22(28)25-20)17-8-10-18(32-2)11-9-17/h4-11,19-20,22,25H,3,12-14H2,1-2H3. The normalized spacial score (nSPS) is 25.7. The molecule has 3 unspecified atom stereocenters. The van der Waals surface area contributed by atoms with Crippen LogP contribution in [0.4, 0.5) is 14.9 Å². The molecule has 3 atom stereocenters. The zero-order valence-electron chi connectivity index (χ0n) is 18.1. The number of ether oxygens (including phenoxy) is 1. The molecule has 168 valence electrons. The van der Waals surface area contributed by atoms with E-state index >= 15 is 0 Å². The van der Waals surface area contributed by atoms with E-state index in [1.54, 1.807) is 31.2 Å². The van der Waals surface area contributed by atoms with Crippen molar-refractivity contribution in [3.63, 3.8) is 0 Å². The van der Waals surface area contributed by atoms with Gasteiger partial charge in [0, 0.05) is 25.8 Å². The Bertz CT molecular complexity index is 1020. The summed E-state index contributed by atoms with van der Waals surface area (Å²) in [5.41, 5.74) is 1.73. The third-order valence-electron chi connectivity index (χ3n) is 6.53. The number of likely N-dealkylation sites (N-methyl/N-ethyl adjacent to an activating group) is 1. The first-order valence-electron chi connectivity index (χ1n) is 10.7. The number of benzene rings is 2. The summed E-state index contributed by atoms with van der Waals surface area (Å²) >= 11 is 0. The summed E-state index contributed by atoms with van der Waals surface area (Å²) < 4.78 is 18.5. The van der Waals surface area contributed by atoms with Crippen molar-refractivity contribution in [1.29, 1.82) is 0 Å². The van der Waals surface area contributed by atoms with E-state index in [1.165, 1.54) is 17.0 Å². The Balaban J connectivity index is 1.41. The van der Waals surface area contributed by atoms with E-state index in [9.17, 15) is 14.0 Å². The molecule has 3 aliphatic heterocycles. The first-order valence-corrected chi connectivity index (χ1v) is 10.7. The molecule has 3 amide bonds. The number of fused-ring (bicyclic) bond motifs is 3. The van der Waals surface area contributed by atoms with Gasteiger partial charge < -0.3 is 14.5 Å². The number of methoxy groups -OCH3 is 1. The molecule has 32 heavy (non-hydrogen) atoms. The lowest BCUT2D eigenvalue weighted by atomic mass is 10.1. The minimum absolute atomic E-state index is 0.117. The highest BCUT2D eigenvalue weighted by atomic mass is 19.1. The predicted molar refractivity (Wildman–Crippen MR) is 116 cm³/mol. The molecule has 0 aliphatic carbocycles. The van der Waals surface area contributed by atoms with Gasteiger partial charge in [-0.2, -0.15) is 0 Å². The molecule has 3 saturated heterocycles. The number of nitrogens with one attached hydrogen (secondary N) is 1. The Labute approximate surface area is 186 Å². The zero-order valence-corrected chi connectivity index (χ0v) is 18.1. The average molecular weight is 439 g/mol. The van der Waals surface area contributed by atoms with E-state index in [2.05, 4.69) is 15.1 Å². The molecule has 3 aliphatic rings. The highest BCUT2D eigenvalue weighted by Gasteiger charge is 2.56. The summed E-state index contributed by atoms with van der Waals surface area (Å²) in [4.78, 5) is 33.8. The number of carbonyl (C=O) groups is 2. The number of hydrogen-bond acceptors (Lipinski definition) is 6. The summed E-state index contributed by atoms with van der Waals surface area (Å²) in [6, 6.07) is 12.9. The Morgan fingerprint density at radius 2 is 1.78 bits per heavy atom. The minimum atomic E-state index is -0.482. The molecule has 0 bridgehead atoms. The fraction of sp³-hybridized carbons (Fsp3) is 0.391. The van der Waals surface area contributed by atoms with Crippen LogP contribution in [0, 0.1) is 5.82 Å². The van der Waals surface area contributed by atoms with Crippen LogP contribution in [-0.4, -0.2) is 72.4 Å². The summed E-state index contributed by atoms with van der Waals surface area (Å²) in [6.07, 6.45) is 0.288. The monoisotopic (exact) mass is 439 g/mol. The van der Waals surface area contributed by atoms with Crippen LogP contribution in [0.3, 0.4) is 0 Å². The van der Waals surface area contributed by atoms with Gasteiger partial charge in [-0.3, -0.25) is 19.9 Å². The molecule has 2 aromatic carbocycles. The average Bonchev–Trinajstić information content (AvgIpc) is 3.22. The van der Waals surface area contributed by atoms with Gasteiger partial charge in [-0.05, 0) is 48.4 Å². The lowest BCUT2D eigenvalue weighted by Gasteiger charge is -2.43. The number of hydrogen-bond donors (Lipinski definition) is 1. The minimum Gasteiger partial charge on any atom is -0.497 e. The van der Waals surface area contributed by atoms with Crippen LogP contribution in [-0.2, 0) is 11.3 Å². The van der Waals surface area contributed by atoms with Gasteiger partial charge in [0.1, 0.15) is 30.1 Å². The molecule has 9 heteroatoms. The van der Waals surface area contributed by atoms with E-state index in [4.69, 9.17) is 4.74 Å². The maximum atomic E-state index is 13.5. The third-order valence-corrected chi connectivity index (χ3v) is 6.53. The van der Waals surface area contributed by atoms with Gasteiger partial charge in [0.2, 0.25) is 0 Å². The van der Waals surface area contributed by atoms with Crippen LogP contribution >= 0.6 is 0 Å². The number of imide groups is 1. The summed E-state index contributed by atoms with van der Waals surface area (Å²) in [5.74, 6) is 0.207. The molecular weight excluding hydrogens is 413 g/mol. The first kappa shape index (κ1) is 20.7. The highest BCUT2D eigenvalue weighted by Crippen LogP contribution is 2.34. The number of amides is 3. The van der Waals surface area contributed by atoms with Crippen molar-refractivity contribution >= 4 is 17.6 Å². The van der Waals surface area contributed by atoms with E-state index in [0.29, 0.717) is 5.56 Å². The Kier molecular flexibility index (Phi) is 5.22. The molecule has 5 rings (SSSR count). The van der Waals surface area contributed by atoms with Crippen LogP contribution in [0.2, 0.25) is 0 Å². The molecule has 2 aromatic rings. The first-order chi connectivity index (χ1) is 15.5. The largest absolute Gasteiger partial charge is 0.497 e. The molecule has 3 heterocycles. The van der Waals surface area contributed by atoms with Crippen LogP contribution in [0.15, 0.2) is 48.5 Å². The van der Waals surface area contributed by atoms with Crippen molar-refractivity contribution < 1.29 is 18.7 Å². The number of anilines is 1. The number of urea groups is 1. The molecule has 8 nitrogen and oxygen atoms in total. The van der Waals surface area contributed by atoms with Crippen LogP contribution < -0.4 is 15.0 Å². The van der Waals surface area contributed by atoms with Gasteiger partial charge in [-0.1, -0.05) is 12.1 Å². The van der Waals surface area contributed by atoms with E-state index in [0.717, 1.165) is 30.9 Å². The van der Waals surface area contributed by atoms with Crippen molar-refractivity contribution in [3.8, 4) is 5.75 Å². The van der Waals surface area contributed by atoms with E-state index < -0.39 is 12.2 Å². The topological polar surface area (TPSA) is 68.4 Å². The van der Waals surface area contributed by atoms with Gasteiger partial charge >= 0.3 is 6.03 Å². The molecular formula is C23H26FN5O3. The predicted octanol–water partition coefficient (Wildman–Crippen LogP) is 2.02. The van der Waals surface area contributed by atoms with Crippen molar-refractivity contribution in [3.05, 3.63) is 59.9 Å². The van der Waals surface area contributed by atoms with Crippen molar-refractivity contribution in [2.45, 2.75) is 31.5 Å². The van der Waals surface area contributed by atoms with Crippen LogP contribution in [0.25, 0.3) is 0 Å². The Morgan fingerprint density at radius 3 is 2.47 bits per heavy atom. The molecule has 0 spiro atoms. The second-order valence-corrected chi connectivity index (χ2v) is 8.36. The van der Waals surface area contributed by atoms with Crippen LogP contribution in [0.5, 0.6) is 5.75 Å². The SMILES string of the molecule is COc1ccc(N2CCCN3C4C(=O)N(Cc5ccc(F)cc5)C(=O)N(C)C4NC23)cc1. The summed E-state index contributed by atoms with van der Waals surface area (Å²) in [6.45, 7) is 1.71. The van der Waals surface area contributed by atoms with Gasteiger partial charge in [-0.25, -0.2) is 9.18 Å². The quantitative estimate of drug-likeness (QED) is 0.786. The molecule has 1 N–H and O–H groups in total. The van der Waals surface area contributed by atoms with Crippen molar-refractivity contribution in [2.24, 2.45) is 0 Å². The highest BCUT2D eigenvalue weighted by molar-refractivity contribution is 6.00. The molecule has 0 saturated carbocycles. The molecule has 3 fully saturated rings. The van der Waals surface area contributed by atoms with E-state index in [1.807, 2.05) is 24.3 Å². The molecule has 0 aromatic heterocycles. The number of nitrogens with zero attached hydrogens (tertiary/aromatic N) is 4. The Morgan fingerprint density at radius 1 is 1.06 bits per heavy atom. The maximum absolute atomic E-state index is 13.5. The lowest BCUT2D eigenvalue weighted by Crippen LogP contribution is -2.66. The van der Waals surface area contributed by atoms with Crippen molar-refractivity contribution in [1.82, 2.24) is 20.0 Å². The lowest BCUT2D eigenvalue weighted by molar-refractivity contribution is -0.139. The van der Waals surface area contributed by atoms with E-state index in [-0.39, 0.29) is 30.6 Å². The van der Waals surface area contributed by atoms with Gasteiger partial charge in [0.05, 0.1) is 13.7 Å².